The molecule has 222 valence electrons. The normalized spacial score (nSPS) is 11.4. The molecule has 0 spiro atoms. The summed E-state index contributed by atoms with van der Waals surface area (Å²) in [5.41, 5.74) is 0.794. The summed E-state index contributed by atoms with van der Waals surface area (Å²) in [6, 6.07) is 10.8. The van der Waals surface area contributed by atoms with E-state index in [1.54, 1.807) is 29.7 Å². The maximum absolute atomic E-state index is 12.9. The molecule has 14 nitrogen and oxygen atoms in total. The Balaban J connectivity index is 1.57. The lowest BCUT2D eigenvalue weighted by molar-refractivity contribution is -0.113. The first-order valence-corrected chi connectivity index (χ1v) is 15.5. The van der Waals surface area contributed by atoms with Crippen molar-refractivity contribution in [3.05, 3.63) is 58.9 Å². The third kappa shape index (κ3) is 7.04. The number of anilines is 1. The number of aromatic nitrogens is 5. The standard InChI is InChI=1S/C25H28N8O6S3/c1-15-28-30-24(41-15)27-22(34)14-40-25-31-29-21(33(25)19-12-17(38-4)8-11-20(19)39-5)13-26-23(35)16-6-9-18(10-7-16)42(36,37)32(2)3/h6-12H,13-14H2,1-5H3,(H,26,35)(H,27,30,34). The van der Waals surface area contributed by atoms with E-state index in [1.165, 1.54) is 63.9 Å². The van der Waals surface area contributed by atoms with Crippen molar-refractivity contribution in [2.45, 2.75) is 23.5 Å². The van der Waals surface area contributed by atoms with Crippen LogP contribution in [0.5, 0.6) is 11.5 Å². The van der Waals surface area contributed by atoms with E-state index in [4.69, 9.17) is 9.47 Å². The lowest BCUT2D eigenvalue weighted by Crippen LogP contribution is -2.25. The first-order chi connectivity index (χ1) is 20.0. The summed E-state index contributed by atoms with van der Waals surface area (Å²) in [6.45, 7) is 1.75. The summed E-state index contributed by atoms with van der Waals surface area (Å²) < 4.78 is 38.4. The molecule has 0 saturated heterocycles. The van der Waals surface area contributed by atoms with Crippen LogP contribution in [-0.2, 0) is 21.4 Å². The van der Waals surface area contributed by atoms with Gasteiger partial charge in [-0.15, -0.1) is 20.4 Å². The fourth-order valence-corrected chi connectivity index (χ4v) is 5.88. The summed E-state index contributed by atoms with van der Waals surface area (Å²) in [4.78, 5) is 25.6. The van der Waals surface area contributed by atoms with Crippen LogP contribution < -0.4 is 20.1 Å². The zero-order chi connectivity index (χ0) is 30.4. The molecule has 0 bridgehead atoms. The maximum Gasteiger partial charge on any atom is 0.251 e. The van der Waals surface area contributed by atoms with Crippen molar-refractivity contribution in [3.63, 3.8) is 0 Å². The number of nitrogens with zero attached hydrogens (tertiary/aromatic N) is 6. The van der Waals surface area contributed by atoms with Crippen LogP contribution in [0.3, 0.4) is 0 Å². The van der Waals surface area contributed by atoms with Gasteiger partial charge < -0.3 is 14.8 Å². The molecule has 0 aliphatic rings. The summed E-state index contributed by atoms with van der Waals surface area (Å²) in [6.07, 6.45) is 0. The van der Waals surface area contributed by atoms with Gasteiger partial charge in [-0.1, -0.05) is 23.1 Å². The molecule has 2 amide bonds. The molecule has 42 heavy (non-hydrogen) atoms. The van der Waals surface area contributed by atoms with Gasteiger partial charge in [-0.2, -0.15) is 0 Å². The largest absolute Gasteiger partial charge is 0.497 e. The molecule has 0 radical (unpaired) electrons. The van der Waals surface area contributed by atoms with E-state index in [0.717, 1.165) is 21.1 Å². The predicted octanol–water partition coefficient (Wildman–Crippen LogP) is 2.36. The number of ether oxygens (including phenoxy) is 2. The van der Waals surface area contributed by atoms with Gasteiger partial charge in [-0.3, -0.25) is 19.5 Å². The lowest BCUT2D eigenvalue weighted by Gasteiger charge is -2.15. The minimum Gasteiger partial charge on any atom is -0.497 e. The first kappa shape index (κ1) is 30.9. The molecule has 4 rings (SSSR count). The number of carbonyl (C=O) groups is 2. The number of sulfonamides is 1. The summed E-state index contributed by atoms with van der Waals surface area (Å²) in [7, 11) is 2.28. The molecule has 4 aromatic rings. The highest BCUT2D eigenvalue weighted by molar-refractivity contribution is 7.99. The third-order valence-electron chi connectivity index (χ3n) is 5.73. The highest BCUT2D eigenvalue weighted by atomic mass is 32.2. The molecule has 0 atom stereocenters. The number of aryl methyl sites for hydroxylation is 1. The molecule has 2 N–H and O–H groups in total. The van der Waals surface area contributed by atoms with Crippen LogP contribution >= 0.6 is 23.1 Å². The second-order valence-corrected chi connectivity index (χ2v) is 13.0. The number of methoxy groups -OCH3 is 2. The maximum atomic E-state index is 12.9. The van der Waals surface area contributed by atoms with Gasteiger partial charge in [0.05, 0.1) is 37.1 Å². The molecule has 0 fully saturated rings. The van der Waals surface area contributed by atoms with E-state index < -0.39 is 15.9 Å². The number of nitrogens with one attached hydrogen (secondary N) is 2. The monoisotopic (exact) mass is 632 g/mol. The second-order valence-electron chi connectivity index (χ2n) is 8.73. The van der Waals surface area contributed by atoms with Crippen LogP contribution in [0, 0.1) is 6.92 Å². The van der Waals surface area contributed by atoms with E-state index in [-0.39, 0.29) is 28.7 Å². The smallest absolute Gasteiger partial charge is 0.251 e. The number of carbonyl (C=O) groups excluding carboxylic acids is 2. The van der Waals surface area contributed by atoms with E-state index in [2.05, 4.69) is 31.0 Å². The molecule has 2 aromatic carbocycles. The number of rotatable bonds is 12. The Kier molecular flexibility index (Phi) is 9.77. The quantitative estimate of drug-likeness (QED) is 0.220. The van der Waals surface area contributed by atoms with Gasteiger partial charge in [-0.25, -0.2) is 12.7 Å². The van der Waals surface area contributed by atoms with Crippen LogP contribution in [0.15, 0.2) is 52.5 Å². The number of thioether (sulfide) groups is 1. The van der Waals surface area contributed by atoms with Crippen LogP contribution in [-0.4, -0.2) is 83.6 Å². The zero-order valence-electron chi connectivity index (χ0n) is 23.3. The van der Waals surface area contributed by atoms with Gasteiger partial charge in [-0.05, 0) is 43.3 Å². The number of benzene rings is 2. The van der Waals surface area contributed by atoms with Crippen molar-refractivity contribution in [1.29, 1.82) is 0 Å². The summed E-state index contributed by atoms with van der Waals surface area (Å²) in [5.74, 6) is 0.621. The highest BCUT2D eigenvalue weighted by Gasteiger charge is 2.21. The van der Waals surface area contributed by atoms with Crippen LogP contribution in [0.25, 0.3) is 5.69 Å². The van der Waals surface area contributed by atoms with Crippen LogP contribution in [0.4, 0.5) is 5.13 Å². The number of amides is 2. The molecule has 0 unspecified atom stereocenters. The van der Waals surface area contributed by atoms with Gasteiger partial charge in [0.25, 0.3) is 5.91 Å². The molecular weight excluding hydrogens is 605 g/mol. The Bertz CT molecular complexity index is 1690. The van der Waals surface area contributed by atoms with Crippen molar-refractivity contribution in [2.24, 2.45) is 0 Å². The highest BCUT2D eigenvalue weighted by Crippen LogP contribution is 2.32. The van der Waals surface area contributed by atoms with Gasteiger partial charge in [0, 0.05) is 25.7 Å². The molecule has 0 aliphatic carbocycles. The van der Waals surface area contributed by atoms with Crippen molar-refractivity contribution in [3.8, 4) is 17.2 Å². The molecule has 0 saturated carbocycles. The topological polar surface area (TPSA) is 171 Å². The number of hydrogen-bond acceptors (Lipinski definition) is 12. The third-order valence-corrected chi connectivity index (χ3v) is 9.25. The first-order valence-electron chi connectivity index (χ1n) is 12.2. The zero-order valence-corrected chi connectivity index (χ0v) is 25.8. The Morgan fingerprint density at radius 3 is 2.38 bits per heavy atom. The Labute approximate surface area is 250 Å². The Morgan fingerprint density at radius 2 is 1.76 bits per heavy atom. The molecule has 17 heteroatoms. The van der Waals surface area contributed by atoms with E-state index in [9.17, 15) is 18.0 Å². The fourth-order valence-electron chi connectivity index (χ4n) is 3.60. The van der Waals surface area contributed by atoms with Gasteiger partial charge >= 0.3 is 0 Å². The molecule has 2 heterocycles. The lowest BCUT2D eigenvalue weighted by atomic mass is 10.2. The van der Waals surface area contributed by atoms with Crippen molar-refractivity contribution in [1.82, 2.24) is 34.6 Å². The van der Waals surface area contributed by atoms with Crippen molar-refractivity contribution >= 4 is 50.1 Å². The minimum absolute atomic E-state index is 0.00237. The fraction of sp³-hybridized carbons (Fsp3) is 0.280. The average molecular weight is 633 g/mol. The second kappa shape index (κ2) is 13.3. The van der Waals surface area contributed by atoms with E-state index in [0.29, 0.717) is 33.3 Å². The predicted molar refractivity (Wildman–Crippen MR) is 157 cm³/mol. The SMILES string of the molecule is COc1ccc(OC)c(-n2c(CNC(=O)c3ccc(S(=O)(=O)N(C)C)cc3)nnc2SCC(=O)Nc2nnc(C)s2)c1. The summed E-state index contributed by atoms with van der Waals surface area (Å²) in [5, 5.41) is 23.3. The Hall–Kier alpha value is -4.06. The van der Waals surface area contributed by atoms with Gasteiger partial charge in [0.2, 0.25) is 21.1 Å². The average Bonchev–Trinajstić information content (AvgIpc) is 3.59. The minimum atomic E-state index is -3.63. The Morgan fingerprint density at radius 1 is 1.02 bits per heavy atom. The molecule has 2 aromatic heterocycles. The van der Waals surface area contributed by atoms with Gasteiger partial charge in [0.15, 0.2) is 11.0 Å². The van der Waals surface area contributed by atoms with E-state index in [1.807, 2.05) is 0 Å². The summed E-state index contributed by atoms with van der Waals surface area (Å²) >= 11 is 2.39. The van der Waals surface area contributed by atoms with Gasteiger partial charge in [0.1, 0.15) is 16.5 Å². The number of hydrogen-bond donors (Lipinski definition) is 2. The van der Waals surface area contributed by atoms with Crippen LogP contribution in [0.2, 0.25) is 0 Å². The van der Waals surface area contributed by atoms with Crippen molar-refractivity contribution < 1.29 is 27.5 Å². The van der Waals surface area contributed by atoms with Crippen LogP contribution in [0.1, 0.15) is 21.2 Å². The van der Waals surface area contributed by atoms with Crippen molar-refractivity contribution in [2.75, 3.05) is 39.4 Å². The molecular formula is C25H28N8O6S3. The molecule has 0 aliphatic heterocycles. The van der Waals surface area contributed by atoms with E-state index >= 15 is 0 Å².